The van der Waals surface area contributed by atoms with E-state index in [1.54, 1.807) is 6.20 Å². The van der Waals surface area contributed by atoms with Gasteiger partial charge in [0.25, 0.3) is 5.88 Å². The lowest BCUT2D eigenvalue weighted by Crippen LogP contribution is -2.03. The molecule has 3 aromatic rings. The number of nitrogens with zero attached hydrogens (tertiary/aromatic N) is 3. The maximum atomic E-state index is 5.55. The Labute approximate surface area is 116 Å². The van der Waals surface area contributed by atoms with Crippen molar-refractivity contribution in [3.8, 4) is 5.88 Å². The van der Waals surface area contributed by atoms with Crippen molar-refractivity contribution >= 4 is 22.7 Å². The molecule has 3 rings (SSSR count). The molecule has 0 fully saturated rings. The lowest BCUT2D eigenvalue weighted by molar-refractivity contribution is 0.329. The van der Waals surface area contributed by atoms with Crippen LogP contribution in [0.1, 0.15) is 6.92 Å². The summed E-state index contributed by atoms with van der Waals surface area (Å²) in [5.41, 5.74) is 1.62. The molecule has 5 nitrogen and oxygen atoms in total. The summed E-state index contributed by atoms with van der Waals surface area (Å²) in [6.07, 6.45) is 1.72. The normalized spacial score (nSPS) is 10.4. The Morgan fingerprint density at radius 3 is 2.45 bits per heavy atom. The van der Waals surface area contributed by atoms with Crippen molar-refractivity contribution in [1.29, 1.82) is 0 Å². The predicted molar refractivity (Wildman–Crippen MR) is 78.2 cm³/mol. The van der Waals surface area contributed by atoms with E-state index in [-0.39, 0.29) is 0 Å². The molecule has 2 heterocycles. The third kappa shape index (κ3) is 2.51. The van der Waals surface area contributed by atoms with Gasteiger partial charge >= 0.3 is 0 Å². The van der Waals surface area contributed by atoms with Crippen LogP contribution in [0.25, 0.3) is 11.0 Å². The van der Waals surface area contributed by atoms with Crippen molar-refractivity contribution < 1.29 is 4.74 Å². The van der Waals surface area contributed by atoms with Gasteiger partial charge in [-0.05, 0) is 31.2 Å². The van der Waals surface area contributed by atoms with Gasteiger partial charge in [-0.1, -0.05) is 18.2 Å². The van der Waals surface area contributed by atoms with Crippen LogP contribution in [-0.4, -0.2) is 21.6 Å². The van der Waals surface area contributed by atoms with Gasteiger partial charge in [0.15, 0.2) is 5.82 Å². The number of nitrogens with one attached hydrogen (secondary N) is 1. The quantitative estimate of drug-likeness (QED) is 0.786. The van der Waals surface area contributed by atoms with Crippen LogP contribution in [0.4, 0.5) is 11.6 Å². The van der Waals surface area contributed by atoms with Gasteiger partial charge in [0.05, 0.1) is 17.6 Å². The SMILES string of the molecule is CCOc1nc2ccccc2nc1Nc1ccccn1. The van der Waals surface area contributed by atoms with Gasteiger partial charge in [-0.15, -0.1) is 0 Å². The van der Waals surface area contributed by atoms with Gasteiger partial charge in [-0.25, -0.2) is 15.0 Å². The highest BCUT2D eigenvalue weighted by Crippen LogP contribution is 2.25. The van der Waals surface area contributed by atoms with Crippen LogP contribution < -0.4 is 10.1 Å². The van der Waals surface area contributed by atoms with E-state index in [1.165, 1.54) is 0 Å². The molecule has 0 aliphatic carbocycles. The molecule has 1 aromatic carbocycles. The van der Waals surface area contributed by atoms with E-state index >= 15 is 0 Å². The number of benzene rings is 1. The number of hydrogen-bond donors (Lipinski definition) is 1. The molecule has 0 aliphatic rings. The molecule has 1 N–H and O–H groups in total. The molecule has 0 saturated heterocycles. The Morgan fingerprint density at radius 1 is 1.00 bits per heavy atom. The van der Waals surface area contributed by atoms with Gasteiger partial charge in [-0.2, -0.15) is 0 Å². The van der Waals surface area contributed by atoms with E-state index in [1.807, 2.05) is 49.4 Å². The molecule has 0 atom stereocenters. The summed E-state index contributed by atoms with van der Waals surface area (Å²) < 4.78 is 5.55. The zero-order chi connectivity index (χ0) is 13.8. The molecule has 0 radical (unpaired) electrons. The molecule has 0 saturated carbocycles. The molecule has 100 valence electrons. The second-order valence-corrected chi connectivity index (χ2v) is 4.14. The van der Waals surface area contributed by atoms with Crippen molar-refractivity contribution in [1.82, 2.24) is 15.0 Å². The molecule has 20 heavy (non-hydrogen) atoms. The predicted octanol–water partition coefficient (Wildman–Crippen LogP) is 3.17. The van der Waals surface area contributed by atoms with Crippen LogP contribution in [0.2, 0.25) is 0 Å². The Balaban J connectivity index is 2.05. The lowest BCUT2D eigenvalue weighted by Gasteiger charge is -2.11. The van der Waals surface area contributed by atoms with Crippen molar-refractivity contribution in [2.75, 3.05) is 11.9 Å². The summed E-state index contributed by atoms with van der Waals surface area (Å²) in [5, 5.41) is 3.14. The smallest absolute Gasteiger partial charge is 0.258 e. The Hall–Kier alpha value is -2.69. The minimum atomic E-state index is 0.483. The van der Waals surface area contributed by atoms with Crippen LogP contribution in [0.5, 0.6) is 5.88 Å². The van der Waals surface area contributed by atoms with Crippen LogP contribution in [0.15, 0.2) is 48.7 Å². The Morgan fingerprint density at radius 2 is 1.75 bits per heavy atom. The lowest BCUT2D eigenvalue weighted by atomic mass is 10.3. The standard InChI is InChI=1S/C15H14N4O/c1-2-20-15-14(19-13-9-5-6-10-16-13)17-11-7-3-4-8-12(11)18-15/h3-10H,2H2,1H3,(H,16,17,19). The monoisotopic (exact) mass is 266 g/mol. The topological polar surface area (TPSA) is 59.9 Å². The highest BCUT2D eigenvalue weighted by Gasteiger charge is 2.10. The number of anilines is 2. The molecule has 0 amide bonds. The first-order chi connectivity index (χ1) is 9.86. The second kappa shape index (κ2) is 5.52. The zero-order valence-corrected chi connectivity index (χ0v) is 11.1. The molecule has 0 unspecified atom stereocenters. The van der Waals surface area contributed by atoms with Crippen molar-refractivity contribution in [2.45, 2.75) is 6.92 Å². The minimum absolute atomic E-state index is 0.483. The number of ether oxygens (including phenoxy) is 1. The Bertz CT molecular complexity index is 715. The summed E-state index contributed by atoms with van der Waals surface area (Å²) in [4.78, 5) is 13.3. The van der Waals surface area contributed by atoms with E-state index in [0.29, 0.717) is 24.1 Å². The maximum Gasteiger partial charge on any atom is 0.258 e. The molecule has 0 spiro atoms. The highest BCUT2D eigenvalue weighted by molar-refractivity contribution is 5.78. The van der Waals surface area contributed by atoms with Crippen LogP contribution in [-0.2, 0) is 0 Å². The van der Waals surface area contributed by atoms with Crippen LogP contribution in [0, 0.1) is 0 Å². The largest absolute Gasteiger partial charge is 0.475 e. The van der Waals surface area contributed by atoms with E-state index in [9.17, 15) is 0 Å². The molecule has 0 bridgehead atoms. The van der Waals surface area contributed by atoms with Crippen molar-refractivity contribution in [2.24, 2.45) is 0 Å². The van der Waals surface area contributed by atoms with Gasteiger partial charge in [0.2, 0.25) is 0 Å². The van der Waals surface area contributed by atoms with Gasteiger partial charge in [-0.3, -0.25) is 0 Å². The highest BCUT2D eigenvalue weighted by atomic mass is 16.5. The van der Waals surface area contributed by atoms with E-state index in [2.05, 4.69) is 20.3 Å². The van der Waals surface area contributed by atoms with Gasteiger partial charge < -0.3 is 10.1 Å². The fourth-order valence-electron chi connectivity index (χ4n) is 1.86. The number of pyridine rings is 1. The second-order valence-electron chi connectivity index (χ2n) is 4.14. The first-order valence-electron chi connectivity index (χ1n) is 6.44. The summed E-state index contributed by atoms with van der Waals surface area (Å²) in [6.45, 7) is 2.45. The van der Waals surface area contributed by atoms with E-state index in [0.717, 1.165) is 11.0 Å². The van der Waals surface area contributed by atoms with E-state index in [4.69, 9.17) is 4.74 Å². The molecular formula is C15H14N4O. The van der Waals surface area contributed by atoms with Crippen LogP contribution >= 0.6 is 0 Å². The third-order valence-corrected chi connectivity index (χ3v) is 2.73. The number of para-hydroxylation sites is 2. The van der Waals surface area contributed by atoms with Gasteiger partial charge in [0.1, 0.15) is 5.82 Å². The summed E-state index contributed by atoms with van der Waals surface area (Å²) in [5.74, 6) is 1.76. The number of aromatic nitrogens is 3. The van der Waals surface area contributed by atoms with Crippen LogP contribution in [0.3, 0.4) is 0 Å². The molecule has 0 aliphatic heterocycles. The molecule has 2 aromatic heterocycles. The summed E-state index contributed by atoms with van der Waals surface area (Å²) in [6, 6.07) is 13.3. The van der Waals surface area contributed by atoms with E-state index < -0.39 is 0 Å². The fourth-order valence-corrected chi connectivity index (χ4v) is 1.86. The molecular weight excluding hydrogens is 252 g/mol. The summed E-state index contributed by atoms with van der Waals surface area (Å²) >= 11 is 0. The number of hydrogen-bond acceptors (Lipinski definition) is 5. The van der Waals surface area contributed by atoms with Crippen molar-refractivity contribution in [3.63, 3.8) is 0 Å². The first-order valence-corrected chi connectivity index (χ1v) is 6.44. The van der Waals surface area contributed by atoms with Crippen molar-refractivity contribution in [3.05, 3.63) is 48.7 Å². The number of rotatable bonds is 4. The third-order valence-electron chi connectivity index (χ3n) is 2.73. The maximum absolute atomic E-state index is 5.55. The first kappa shape index (κ1) is 12.3. The average molecular weight is 266 g/mol. The van der Waals surface area contributed by atoms with Gasteiger partial charge in [0, 0.05) is 6.20 Å². The summed E-state index contributed by atoms with van der Waals surface area (Å²) in [7, 11) is 0. The molecule has 5 heteroatoms. The minimum Gasteiger partial charge on any atom is -0.475 e. The number of fused-ring (bicyclic) bond motifs is 1. The Kier molecular flexibility index (Phi) is 3.41. The fraction of sp³-hybridized carbons (Fsp3) is 0.133. The zero-order valence-electron chi connectivity index (χ0n) is 11.1. The average Bonchev–Trinajstić information content (AvgIpc) is 2.49.